The molecule has 1 unspecified atom stereocenters. The van der Waals surface area contributed by atoms with E-state index in [9.17, 15) is 9.90 Å². The molecule has 1 atom stereocenters. The number of aromatic nitrogens is 3. The minimum atomic E-state index is -0.712. The summed E-state index contributed by atoms with van der Waals surface area (Å²) in [6, 6.07) is 8.78. The zero-order valence-corrected chi connectivity index (χ0v) is 16.8. The number of halogens is 1. The topological polar surface area (TPSA) is 82.4 Å². The van der Waals surface area contributed by atoms with Gasteiger partial charge in [-0.1, -0.05) is 11.6 Å². The van der Waals surface area contributed by atoms with Crippen LogP contribution in [0, 0.1) is 0 Å². The number of carbonyl (C=O) groups is 1. The Hall–Kier alpha value is -3.03. The standard InChI is InChI=1S/C21H20ClN5O2/c1-3-27-19-15(21(29)26(2)16-4-5-18(22)25-20(16)27)10-13(12-24-19)11-17(28)14-6-8-23-9-7-14/h4-10,12,17,28H,3,11H2,1-2H3. The number of fused-ring (bicyclic) bond motifs is 2. The van der Waals surface area contributed by atoms with Crippen LogP contribution in [0.15, 0.2) is 48.9 Å². The fourth-order valence-electron chi connectivity index (χ4n) is 3.48. The summed E-state index contributed by atoms with van der Waals surface area (Å²) in [6.07, 6.45) is 4.59. The predicted molar refractivity (Wildman–Crippen MR) is 112 cm³/mol. The van der Waals surface area contributed by atoms with E-state index in [0.29, 0.717) is 41.0 Å². The van der Waals surface area contributed by atoms with Gasteiger partial charge in [0.05, 0.1) is 17.4 Å². The summed E-state index contributed by atoms with van der Waals surface area (Å²) in [5.41, 5.74) is 2.66. The molecule has 8 heteroatoms. The average Bonchev–Trinajstić information content (AvgIpc) is 2.82. The number of rotatable bonds is 4. The Kier molecular flexibility index (Phi) is 5.17. The third kappa shape index (κ3) is 3.54. The minimum Gasteiger partial charge on any atom is -0.388 e. The lowest BCUT2D eigenvalue weighted by molar-refractivity contribution is 0.0993. The van der Waals surface area contributed by atoms with E-state index < -0.39 is 6.10 Å². The first-order valence-corrected chi connectivity index (χ1v) is 9.66. The molecule has 0 fully saturated rings. The predicted octanol–water partition coefficient (Wildman–Crippen LogP) is 3.55. The normalized spacial score (nSPS) is 14.3. The summed E-state index contributed by atoms with van der Waals surface area (Å²) < 4.78 is 0. The van der Waals surface area contributed by atoms with Gasteiger partial charge in [-0.3, -0.25) is 9.78 Å². The Labute approximate surface area is 173 Å². The number of anilines is 3. The quantitative estimate of drug-likeness (QED) is 0.663. The smallest absolute Gasteiger partial charge is 0.261 e. The molecule has 0 aliphatic carbocycles. The van der Waals surface area contributed by atoms with Gasteiger partial charge in [0.2, 0.25) is 0 Å². The van der Waals surface area contributed by atoms with E-state index >= 15 is 0 Å². The van der Waals surface area contributed by atoms with Gasteiger partial charge in [0.1, 0.15) is 11.0 Å². The molecule has 0 bridgehead atoms. The summed E-state index contributed by atoms with van der Waals surface area (Å²) in [5.74, 6) is 0.931. The van der Waals surface area contributed by atoms with Crippen molar-refractivity contribution >= 4 is 34.8 Å². The third-order valence-electron chi connectivity index (χ3n) is 4.99. The molecule has 29 heavy (non-hydrogen) atoms. The molecule has 0 aromatic carbocycles. The van der Waals surface area contributed by atoms with Crippen molar-refractivity contribution in [2.24, 2.45) is 0 Å². The molecule has 0 saturated carbocycles. The van der Waals surface area contributed by atoms with E-state index in [1.165, 1.54) is 0 Å². The van der Waals surface area contributed by atoms with Crippen LogP contribution >= 0.6 is 11.6 Å². The number of amides is 1. The molecule has 4 rings (SSSR count). The maximum Gasteiger partial charge on any atom is 0.261 e. The first-order valence-electron chi connectivity index (χ1n) is 9.28. The van der Waals surface area contributed by atoms with Crippen molar-refractivity contribution in [2.75, 3.05) is 23.4 Å². The Morgan fingerprint density at radius 3 is 2.66 bits per heavy atom. The van der Waals surface area contributed by atoms with Crippen LogP contribution < -0.4 is 9.80 Å². The first kappa shape index (κ1) is 19.3. The minimum absolute atomic E-state index is 0.186. The first-order chi connectivity index (χ1) is 14.0. The van der Waals surface area contributed by atoms with Crippen LogP contribution in [0.5, 0.6) is 0 Å². The van der Waals surface area contributed by atoms with E-state index in [0.717, 1.165) is 11.1 Å². The van der Waals surface area contributed by atoms with Gasteiger partial charge in [0.15, 0.2) is 5.82 Å². The van der Waals surface area contributed by atoms with Gasteiger partial charge in [-0.15, -0.1) is 0 Å². The average molecular weight is 410 g/mol. The van der Waals surface area contributed by atoms with Gasteiger partial charge in [-0.25, -0.2) is 9.97 Å². The van der Waals surface area contributed by atoms with Gasteiger partial charge in [-0.2, -0.15) is 0 Å². The Morgan fingerprint density at radius 1 is 1.17 bits per heavy atom. The largest absolute Gasteiger partial charge is 0.388 e. The van der Waals surface area contributed by atoms with Crippen LogP contribution in [0.4, 0.5) is 17.3 Å². The molecule has 0 saturated heterocycles. The second-order valence-corrected chi connectivity index (χ2v) is 7.19. The molecule has 1 aliphatic rings. The highest BCUT2D eigenvalue weighted by Crippen LogP contribution is 2.38. The van der Waals surface area contributed by atoms with E-state index in [2.05, 4.69) is 15.0 Å². The Morgan fingerprint density at radius 2 is 1.93 bits per heavy atom. The van der Waals surface area contributed by atoms with Crippen molar-refractivity contribution in [1.82, 2.24) is 15.0 Å². The number of carbonyl (C=O) groups excluding carboxylic acids is 1. The van der Waals surface area contributed by atoms with Crippen molar-refractivity contribution < 1.29 is 9.90 Å². The molecule has 4 heterocycles. The van der Waals surface area contributed by atoms with Crippen LogP contribution in [-0.2, 0) is 6.42 Å². The van der Waals surface area contributed by atoms with Gasteiger partial charge in [0.25, 0.3) is 5.91 Å². The summed E-state index contributed by atoms with van der Waals surface area (Å²) >= 11 is 6.11. The summed E-state index contributed by atoms with van der Waals surface area (Å²) in [4.78, 5) is 29.6. The van der Waals surface area contributed by atoms with Gasteiger partial charge in [-0.05, 0) is 48.4 Å². The molecule has 0 radical (unpaired) electrons. The molecular weight excluding hydrogens is 390 g/mol. The van der Waals surface area contributed by atoms with E-state index in [1.807, 2.05) is 11.8 Å². The number of aliphatic hydroxyl groups excluding tert-OH is 1. The molecular formula is C21H20ClN5O2. The van der Waals surface area contributed by atoms with Crippen LogP contribution in [-0.4, -0.2) is 39.6 Å². The van der Waals surface area contributed by atoms with E-state index in [1.54, 1.807) is 60.9 Å². The van der Waals surface area contributed by atoms with Gasteiger partial charge >= 0.3 is 0 Å². The van der Waals surface area contributed by atoms with Crippen molar-refractivity contribution in [1.29, 1.82) is 0 Å². The van der Waals surface area contributed by atoms with Crippen LogP contribution in [0.25, 0.3) is 0 Å². The lowest BCUT2D eigenvalue weighted by Crippen LogP contribution is -2.25. The Balaban J connectivity index is 1.75. The zero-order valence-electron chi connectivity index (χ0n) is 16.1. The van der Waals surface area contributed by atoms with Crippen molar-refractivity contribution in [3.8, 4) is 0 Å². The van der Waals surface area contributed by atoms with Crippen LogP contribution in [0.3, 0.4) is 0 Å². The maximum atomic E-state index is 13.2. The number of hydrogen-bond acceptors (Lipinski definition) is 6. The highest BCUT2D eigenvalue weighted by atomic mass is 35.5. The lowest BCUT2D eigenvalue weighted by Gasteiger charge is -2.23. The number of aliphatic hydroxyl groups is 1. The van der Waals surface area contributed by atoms with E-state index in [-0.39, 0.29) is 5.91 Å². The number of pyridine rings is 3. The lowest BCUT2D eigenvalue weighted by atomic mass is 10.0. The molecule has 1 N–H and O–H groups in total. The van der Waals surface area contributed by atoms with Crippen molar-refractivity contribution in [2.45, 2.75) is 19.4 Å². The van der Waals surface area contributed by atoms with Crippen LogP contribution in [0.1, 0.15) is 34.5 Å². The second-order valence-electron chi connectivity index (χ2n) is 6.80. The molecule has 148 valence electrons. The second kappa shape index (κ2) is 7.77. The highest BCUT2D eigenvalue weighted by Gasteiger charge is 2.31. The SMILES string of the molecule is CCN1c2ncc(CC(O)c3ccncc3)cc2C(=O)N(C)c2ccc(Cl)nc21. The highest BCUT2D eigenvalue weighted by molar-refractivity contribution is 6.29. The summed E-state index contributed by atoms with van der Waals surface area (Å²) in [7, 11) is 1.71. The molecule has 0 spiro atoms. The van der Waals surface area contributed by atoms with Crippen molar-refractivity contribution in [3.63, 3.8) is 0 Å². The number of nitrogens with zero attached hydrogens (tertiary/aromatic N) is 5. The van der Waals surface area contributed by atoms with Gasteiger partial charge in [0, 0.05) is 38.6 Å². The molecule has 3 aromatic heterocycles. The summed E-state index contributed by atoms with van der Waals surface area (Å²) in [5, 5.41) is 10.9. The summed E-state index contributed by atoms with van der Waals surface area (Å²) in [6.45, 7) is 2.54. The van der Waals surface area contributed by atoms with E-state index in [4.69, 9.17) is 11.6 Å². The Bertz CT molecular complexity index is 1060. The molecule has 1 aliphatic heterocycles. The molecule has 3 aromatic rings. The van der Waals surface area contributed by atoms with Gasteiger partial charge < -0.3 is 14.9 Å². The molecule has 1 amide bonds. The monoisotopic (exact) mass is 409 g/mol. The maximum absolute atomic E-state index is 13.2. The number of hydrogen-bond donors (Lipinski definition) is 1. The fourth-order valence-corrected chi connectivity index (χ4v) is 3.62. The molecule has 7 nitrogen and oxygen atoms in total. The van der Waals surface area contributed by atoms with Crippen LogP contribution in [0.2, 0.25) is 5.15 Å². The fraction of sp³-hybridized carbons (Fsp3) is 0.238. The third-order valence-corrected chi connectivity index (χ3v) is 5.20. The zero-order chi connectivity index (χ0) is 20.5. The van der Waals surface area contributed by atoms with Crippen molar-refractivity contribution in [3.05, 3.63) is 70.8 Å².